The number of carbonyl (C=O) groups is 1. The summed E-state index contributed by atoms with van der Waals surface area (Å²) in [7, 11) is 0. The summed E-state index contributed by atoms with van der Waals surface area (Å²) in [6.45, 7) is 3.18. The average Bonchev–Trinajstić information content (AvgIpc) is 3.25. The lowest BCUT2D eigenvalue weighted by Gasteiger charge is -2.29. The number of ether oxygens (including phenoxy) is 1. The first kappa shape index (κ1) is 19.8. The highest BCUT2D eigenvalue weighted by Gasteiger charge is 2.27. The Bertz CT molecular complexity index is 1070. The maximum Gasteiger partial charge on any atom is 0.251 e. The number of benzene rings is 2. The zero-order valence-electron chi connectivity index (χ0n) is 17.3. The zero-order valence-corrected chi connectivity index (χ0v) is 17.3. The molecule has 3 aromatic rings. The number of hydrogen-bond acceptors (Lipinski definition) is 4. The molecule has 6 nitrogen and oxygen atoms in total. The molecule has 0 saturated carbocycles. The number of para-hydroxylation sites is 1. The Morgan fingerprint density at radius 2 is 1.87 bits per heavy atom. The van der Waals surface area contributed by atoms with Gasteiger partial charge in [0.1, 0.15) is 11.5 Å². The van der Waals surface area contributed by atoms with Gasteiger partial charge in [-0.2, -0.15) is 5.10 Å². The van der Waals surface area contributed by atoms with E-state index in [9.17, 15) is 9.18 Å². The van der Waals surface area contributed by atoms with E-state index in [1.165, 1.54) is 6.07 Å². The van der Waals surface area contributed by atoms with Crippen LogP contribution in [-0.4, -0.2) is 42.0 Å². The lowest BCUT2D eigenvalue weighted by atomic mass is 9.92. The Labute approximate surface area is 180 Å². The Balaban J connectivity index is 1.32. The molecule has 31 heavy (non-hydrogen) atoms. The highest BCUT2D eigenvalue weighted by Crippen LogP contribution is 2.32. The predicted molar refractivity (Wildman–Crippen MR) is 116 cm³/mol. The number of anilines is 1. The molecule has 0 bridgehead atoms. The summed E-state index contributed by atoms with van der Waals surface area (Å²) >= 11 is 0. The fraction of sp³-hybridized carbons (Fsp3) is 0.333. The molecule has 7 heteroatoms. The molecule has 5 rings (SSSR count). The molecule has 2 aliphatic rings. The predicted octanol–water partition coefficient (Wildman–Crippen LogP) is 3.66. The van der Waals surface area contributed by atoms with Crippen molar-refractivity contribution in [2.45, 2.75) is 25.3 Å². The van der Waals surface area contributed by atoms with Crippen LogP contribution in [-0.2, 0) is 11.2 Å². The van der Waals surface area contributed by atoms with Gasteiger partial charge >= 0.3 is 0 Å². The molecule has 1 aliphatic heterocycles. The van der Waals surface area contributed by atoms with E-state index in [2.05, 4.69) is 15.3 Å². The van der Waals surface area contributed by atoms with Crippen LogP contribution in [0.15, 0.2) is 54.7 Å². The molecule has 0 spiro atoms. The highest BCUT2D eigenvalue weighted by molar-refractivity contribution is 5.94. The number of nitrogens with zero attached hydrogens (tertiary/aromatic N) is 3. The number of rotatable bonds is 4. The van der Waals surface area contributed by atoms with Crippen molar-refractivity contribution in [2.24, 2.45) is 0 Å². The Morgan fingerprint density at radius 1 is 1.10 bits per heavy atom. The number of nitrogens with one attached hydrogen (secondary N) is 1. The molecule has 1 saturated heterocycles. The Kier molecular flexibility index (Phi) is 5.42. The second kappa shape index (κ2) is 8.51. The lowest BCUT2D eigenvalue weighted by Crippen LogP contribution is -2.36. The van der Waals surface area contributed by atoms with E-state index in [-0.39, 0.29) is 17.8 Å². The molecule has 1 aliphatic carbocycles. The average molecular weight is 420 g/mol. The van der Waals surface area contributed by atoms with Crippen molar-refractivity contribution in [3.8, 4) is 5.69 Å². The summed E-state index contributed by atoms with van der Waals surface area (Å²) < 4.78 is 21.3. The van der Waals surface area contributed by atoms with Gasteiger partial charge in [-0.25, -0.2) is 9.07 Å². The summed E-state index contributed by atoms with van der Waals surface area (Å²) in [6.07, 6.45) is 4.32. The Morgan fingerprint density at radius 3 is 2.65 bits per heavy atom. The van der Waals surface area contributed by atoms with Gasteiger partial charge in [0, 0.05) is 35.6 Å². The molecule has 1 aromatic heterocycles. The first-order chi connectivity index (χ1) is 15.2. The van der Waals surface area contributed by atoms with Crippen molar-refractivity contribution in [2.75, 3.05) is 31.2 Å². The number of halogens is 1. The van der Waals surface area contributed by atoms with Gasteiger partial charge in [-0.3, -0.25) is 4.79 Å². The molecule has 2 aromatic carbocycles. The molecule has 1 N–H and O–H groups in total. The van der Waals surface area contributed by atoms with Gasteiger partial charge in [0.15, 0.2) is 0 Å². The van der Waals surface area contributed by atoms with Gasteiger partial charge < -0.3 is 15.0 Å². The fourth-order valence-electron chi connectivity index (χ4n) is 4.42. The maximum absolute atomic E-state index is 14.3. The normalized spacial score (nSPS) is 18.5. The molecular formula is C24H25FN4O2. The summed E-state index contributed by atoms with van der Waals surface area (Å²) in [5.74, 6) is -0.412. The van der Waals surface area contributed by atoms with Crippen LogP contribution in [0, 0.1) is 5.82 Å². The van der Waals surface area contributed by atoms with E-state index in [1.54, 1.807) is 29.1 Å². The van der Waals surface area contributed by atoms with Gasteiger partial charge in [-0.1, -0.05) is 12.1 Å². The minimum absolute atomic E-state index is 0.106. The van der Waals surface area contributed by atoms with Gasteiger partial charge in [-0.15, -0.1) is 0 Å². The van der Waals surface area contributed by atoms with Crippen LogP contribution in [0.1, 0.15) is 40.5 Å². The molecule has 1 amide bonds. The van der Waals surface area contributed by atoms with Crippen molar-refractivity contribution in [1.29, 1.82) is 0 Å². The van der Waals surface area contributed by atoms with E-state index in [1.807, 2.05) is 24.3 Å². The van der Waals surface area contributed by atoms with Gasteiger partial charge in [0.2, 0.25) is 0 Å². The molecule has 160 valence electrons. The number of aromatic nitrogens is 2. The quantitative estimate of drug-likeness (QED) is 0.700. The summed E-state index contributed by atoms with van der Waals surface area (Å²) in [5, 5.41) is 7.58. The molecular weight excluding hydrogens is 395 g/mol. The minimum Gasteiger partial charge on any atom is -0.378 e. The van der Waals surface area contributed by atoms with E-state index in [0.29, 0.717) is 11.3 Å². The number of hydrogen-bond donors (Lipinski definition) is 1. The highest BCUT2D eigenvalue weighted by atomic mass is 19.1. The van der Waals surface area contributed by atoms with Crippen LogP contribution >= 0.6 is 0 Å². The first-order valence-corrected chi connectivity index (χ1v) is 10.8. The van der Waals surface area contributed by atoms with E-state index < -0.39 is 0 Å². The topological polar surface area (TPSA) is 59.4 Å². The van der Waals surface area contributed by atoms with E-state index >= 15 is 0 Å². The third-order valence-electron chi connectivity index (χ3n) is 6.07. The van der Waals surface area contributed by atoms with Gasteiger partial charge in [0.05, 0.1) is 25.5 Å². The second-order valence-electron chi connectivity index (χ2n) is 7.97. The van der Waals surface area contributed by atoms with Crippen LogP contribution in [0.2, 0.25) is 0 Å². The summed E-state index contributed by atoms with van der Waals surface area (Å²) in [4.78, 5) is 15.2. The number of amides is 1. The number of carbonyl (C=O) groups excluding carboxylic acids is 1. The molecule has 1 fully saturated rings. The van der Waals surface area contributed by atoms with Crippen molar-refractivity contribution in [3.05, 3.63) is 77.4 Å². The third-order valence-corrected chi connectivity index (χ3v) is 6.07. The van der Waals surface area contributed by atoms with E-state index in [4.69, 9.17) is 4.74 Å². The molecule has 0 radical (unpaired) electrons. The van der Waals surface area contributed by atoms with Crippen molar-refractivity contribution in [3.63, 3.8) is 0 Å². The second-order valence-corrected chi connectivity index (χ2v) is 7.97. The van der Waals surface area contributed by atoms with E-state index in [0.717, 1.165) is 62.5 Å². The summed E-state index contributed by atoms with van der Waals surface area (Å²) in [5.41, 5.74) is 4.10. The van der Waals surface area contributed by atoms with Gasteiger partial charge in [-0.05, 0) is 55.7 Å². The van der Waals surface area contributed by atoms with Crippen LogP contribution in [0.5, 0.6) is 0 Å². The number of fused-ring (bicyclic) bond motifs is 1. The smallest absolute Gasteiger partial charge is 0.251 e. The zero-order chi connectivity index (χ0) is 21.2. The van der Waals surface area contributed by atoms with Crippen LogP contribution in [0.4, 0.5) is 10.1 Å². The molecule has 0 unspecified atom stereocenters. The maximum atomic E-state index is 14.3. The molecule has 2 heterocycles. The SMILES string of the molecule is O=C(N[C@H]1CCCc2c1cnn2-c1ccccc1F)c1ccc(N2CCOCC2)cc1. The van der Waals surface area contributed by atoms with Gasteiger partial charge in [0.25, 0.3) is 5.91 Å². The lowest BCUT2D eigenvalue weighted by molar-refractivity contribution is 0.0932. The van der Waals surface area contributed by atoms with Crippen molar-refractivity contribution >= 4 is 11.6 Å². The third kappa shape index (κ3) is 3.93. The summed E-state index contributed by atoms with van der Waals surface area (Å²) in [6, 6.07) is 14.2. The van der Waals surface area contributed by atoms with Crippen LogP contribution in [0.25, 0.3) is 5.69 Å². The molecule has 1 atom stereocenters. The largest absolute Gasteiger partial charge is 0.378 e. The van der Waals surface area contributed by atoms with Crippen LogP contribution in [0.3, 0.4) is 0 Å². The monoisotopic (exact) mass is 420 g/mol. The fourth-order valence-corrected chi connectivity index (χ4v) is 4.42. The number of morpholine rings is 1. The minimum atomic E-state index is -0.306. The van der Waals surface area contributed by atoms with Crippen molar-refractivity contribution in [1.82, 2.24) is 15.1 Å². The van der Waals surface area contributed by atoms with Crippen molar-refractivity contribution < 1.29 is 13.9 Å². The Hall–Kier alpha value is -3.19. The standard InChI is InChI=1S/C24H25FN4O2/c25-20-4-1-2-6-23(20)29-22-7-3-5-21(19(22)16-26-29)27-24(30)17-8-10-18(11-9-17)28-12-14-31-15-13-28/h1-2,4,6,8-11,16,21H,3,5,7,12-15H2,(H,27,30)/t21-/m0/s1. The first-order valence-electron chi connectivity index (χ1n) is 10.8. The van der Waals surface area contributed by atoms with Crippen LogP contribution < -0.4 is 10.2 Å².